The molecule has 1 aromatic rings. The van der Waals surface area contributed by atoms with Crippen molar-refractivity contribution in [3.05, 3.63) is 29.8 Å². The van der Waals surface area contributed by atoms with Crippen molar-refractivity contribution in [2.45, 2.75) is 32.5 Å². The van der Waals surface area contributed by atoms with Crippen LogP contribution in [0.5, 0.6) is 0 Å². The Bertz CT molecular complexity index is 559. The molecule has 2 amide bonds. The number of anilines is 1. The Morgan fingerprint density at radius 2 is 1.83 bits per heavy atom. The second kappa shape index (κ2) is 7.85. The van der Waals surface area contributed by atoms with Crippen molar-refractivity contribution in [1.82, 2.24) is 5.32 Å². The average Bonchev–Trinajstić information content (AvgIpc) is 2.44. The van der Waals surface area contributed by atoms with Crippen LogP contribution in [0.15, 0.2) is 24.3 Å². The number of ether oxygens (including phenoxy) is 1. The van der Waals surface area contributed by atoms with E-state index in [2.05, 4.69) is 15.4 Å². The summed E-state index contributed by atoms with van der Waals surface area (Å²) >= 11 is 0. The molecule has 2 N–H and O–H groups in total. The number of carbonyl (C=O) groups is 2. The minimum Gasteiger partial charge on any atom is -0.467 e. The van der Waals surface area contributed by atoms with Gasteiger partial charge in [-0.1, -0.05) is 26.0 Å². The normalized spacial score (nSPS) is 12.7. The van der Waals surface area contributed by atoms with Crippen LogP contribution >= 0.6 is 0 Å². The Kier molecular flexibility index (Phi) is 6.41. The van der Waals surface area contributed by atoms with Crippen LogP contribution < -0.4 is 10.6 Å². The maximum Gasteiger partial charge on any atom is 0.418 e. The van der Waals surface area contributed by atoms with Gasteiger partial charge in [-0.2, -0.15) is 13.2 Å². The van der Waals surface area contributed by atoms with Crippen molar-refractivity contribution < 1.29 is 27.5 Å². The molecule has 0 saturated heterocycles. The third kappa shape index (κ3) is 5.80. The van der Waals surface area contributed by atoms with Gasteiger partial charge in [0.2, 0.25) is 0 Å². The summed E-state index contributed by atoms with van der Waals surface area (Å²) in [7, 11) is 1.17. The van der Waals surface area contributed by atoms with Crippen LogP contribution in [-0.2, 0) is 15.7 Å². The fourth-order valence-electron chi connectivity index (χ4n) is 1.98. The number of urea groups is 1. The van der Waals surface area contributed by atoms with Gasteiger partial charge in [0.05, 0.1) is 18.4 Å². The largest absolute Gasteiger partial charge is 0.467 e. The second-order valence-corrected chi connectivity index (χ2v) is 5.35. The van der Waals surface area contributed by atoms with Crippen molar-refractivity contribution in [3.8, 4) is 0 Å². The van der Waals surface area contributed by atoms with Crippen LogP contribution in [0.25, 0.3) is 0 Å². The molecule has 0 fully saturated rings. The van der Waals surface area contributed by atoms with Crippen molar-refractivity contribution in [2.75, 3.05) is 12.4 Å². The Labute approximate surface area is 132 Å². The van der Waals surface area contributed by atoms with Crippen LogP contribution in [0.2, 0.25) is 0 Å². The molecule has 0 aliphatic rings. The molecule has 0 heterocycles. The van der Waals surface area contributed by atoms with Crippen LogP contribution in [0, 0.1) is 5.92 Å². The summed E-state index contributed by atoms with van der Waals surface area (Å²) in [5.74, 6) is -0.570. The van der Waals surface area contributed by atoms with Gasteiger partial charge in [0.1, 0.15) is 6.04 Å². The number of carbonyl (C=O) groups excluding carboxylic acids is 2. The molecule has 0 radical (unpaired) electrons. The SMILES string of the molecule is COC(=O)C(CC(C)C)NC(=O)Nc1ccccc1C(F)(F)F. The fourth-order valence-corrected chi connectivity index (χ4v) is 1.98. The number of amides is 2. The number of esters is 1. The number of methoxy groups -OCH3 is 1. The number of hydrogen-bond donors (Lipinski definition) is 2. The number of rotatable bonds is 5. The van der Waals surface area contributed by atoms with E-state index in [0.717, 1.165) is 12.1 Å². The third-order valence-corrected chi connectivity index (χ3v) is 2.98. The standard InChI is InChI=1S/C15H19F3N2O3/c1-9(2)8-12(13(21)23-3)20-14(22)19-11-7-5-4-6-10(11)15(16,17)18/h4-7,9,12H,8H2,1-3H3,(H2,19,20,22). The number of benzene rings is 1. The first-order chi connectivity index (χ1) is 10.6. The summed E-state index contributed by atoms with van der Waals surface area (Å²) in [6.07, 6.45) is -4.29. The number of nitrogens with one attached hydrogen (secondary N) is 2. The minimum absolute atomic E-state index is 0.0851. The van der Waals surface area contributed by atoms with Gasteiger partial charge in [0, 0.05) is 0 Å². The Hall–Kier alpha value is -2.25. The van der Waals surface area contributed by atoms with Gasteiger partial charge in [-0.15, -0.1) is 0 Å². The number of halogens is 3. The molecule has 128 valence electrons. The van der Waals surface area contributed by atoms with E-state index >= 15 is 0 Å². The average molecular weight is 332 g/mol. The van der Waals surface area contributed by atoms with Crippen LogP contribution in [-0.4, -0.2) is 25.2 Å². The number of alkyl halides is 3. The van der Waals surface area contributed by atoms with E-state index in [4.69, 9.17) is 0 Å². The summed E-state index contributed by atoms with van der Waals surface area (Å²) in [4.78, 5) is 23.5. The Morgan fingerprint density at radius 3 is 2.35 bits per heavy atom. The molecule has 23 heavy (non-hydrogen) atoms. The topological polar surface area (TPSA) is 67.4 Å². The molecule has 1 unspecified atom stereocenters. The Morgan fingerprint density at radius 1 is 1.22 bits per heavy atom. The minimum atomic E-state index is -4.59. The summed E-state index contributed by atoms with van der Waals surface area (Å²) in [6.45, 7) is 3.68. The van der Waals surface area contributed by atoms with Gasteiger partial charge in [0.25, 0.3) is 0 Å². The summed E-state index contributed by atoms with van der Waals surface area (Å²) < 4.78 is 43.2. The molecule has 5 nitrogen and oxygen atoms in total. The van der Waals surface area contributed by atoms with Crippen LogP contribution in [0.4, 0.5) is 23.7 Å². The zero-order chi connectivity index (χ0) is 17.6. The number of para-hydroxylation sites is 1. The quantitative estimate of drug-likeness (QED) is 0.812. The molecule has 0 aliphatic carbocycles. The third-order valence-electron chi connectivity index (χ3n) is 2.98. The zero-order valence-corrected chi connectivity index (χ0v) is 13.0. The summed E-state index contributed by atoms with van der Waals surface area (Å²) in [6, 6.07) is 2.76. The molecule has 0 saturated carbocycles. The predicted molar refractivity (Wildman–Crippen MR) is 78.9 cm³/mol. The molecule has 1 rings (SSSR count). The van der Waals surface area contributed by atoms with E-state index in [-0.39, 0.29) is 11.6 Å². The molecule has 1 atom stereocenters. The van der Waals surface area contributed by atoms with E-state index < -0.39 is 29.8 Å². The van der Waals surface area contributed by atoms with Gasteiger partial charge in [-0.25, -0.2) is 9.59 Å². The summed E-state index contributed by atoms with van der Waals surface area (Å²) in [5, 5.41) is 4.46. The van der Waals surface area contributed by atoms with Crippen LogP contribution in [0.1, 0.15) is 25.8 Å². The lowest BCUT2D eigenvalue weighted by Crippen LogP contribution is -2.44. The van der Waals surface area contributed by atoms with E-state index in [1.807, 2.05) is 13.8 Å². The maximum absolute atomic E-state index is 12.9. The lowest BCUT2D eigenvalue weighted by molar-refractivity contribution is -0.143. The first kappa shape index (κ1) is 18.8. The highest BCUT2D eigenvalue weighted by Gasteiger charge is 2.33. The molecule has 0 bridgehead atoms. The van der Waals surface area contributed by atoms with Gasteiger partial charge in [-0.05, 0) is 24.5 Å². The van der Waals surface area contributed by atoms with Crippen molar-refractivity contribution in [1.29, 1.82) is 0 Å². The second-order valence-electron chi connectivity index (χ2n) is 5.35. The smallest absolute Gasteiger partial charge is 0.418 e. The predicted octanol–water partition coefficient (Wildman–Crippen LogP) is 3.41. The molecule has 0 spiro atoms. The van der Waals surface area contributed by atoms with Gasteiger partial charge in [0.15, 0.2) is 0 Å². The Balaban J connectivity index is 2.85. The first-order valence-corrected chi connectivity index (χ1v) is 6.96. The number of hydrogen-bond acceptors (Lipinski definition) is 3. The van der Waals surface area contributed by atoms with Gasteiger partial charge in [-0.3, -0.25) is 0 Å². The van der Waals surface area contributed by atoms with Crippen molar-refractivity contribution in [3.63, 3.8) is 0 Å². The fraction of sp³-hybridized carbons (Fsp3) is 0.467. The van der Waals surface area contributed by atoms with Crippen LogP contribution in [0.3, 0.4) is 0 Å². The monoisotopic (exact) mass is 332 g/mol. The molecule has 1 aromatic carbocycles. The lowest BCUT2D eigenvalue weighted by Gasteiger charge is -2.19. The summed E-state index contributed by atoms with van der Waals surface area (Å²) in [5.41, 5.74) is -1.35. The highest BCUT2D eigenvalue weighted by atomic mass is 19.4. The molecule has 0 aromatic heterocycles. The molecular formula is C15H19F3N2O3. The lowest BCUT2D eigenvalue weighted by atomic mass is 10.0. The highest BCUT2D eigenvalue weighted by Crippen LogP contribution is 2.34. The van der Waals surface area contributed by atoms with E-state index in [9.17, 15) is 22.8 Å². The van der Waals surface area contributed by atoms with Gasteiger partial charge >= 0.3 is 18.2 Å². The first-order valence-electron chi connectivity index (χ1n) is 6.96. The van der Waals surface area contributed by atoms with Gasteiger partial charge < -0.3 is 15.4 Å². The van der Waals surface area contributed by atoms with E-state index in [0.29, 0.717) is 6.42 Å². The highest BCUT2D eigenvalue weighted by molar-refractivity contribution is 5.93. The molecule has 0 aliphatic heterocycles. The van der Waals surface area contributed by atoms with Crippen molar-refractivity contribution in [2.24, 2.45) is 5.92 Å². The molecular weight excluding hydrogens is 313 g/mol. The zero-order valence-electron chi connectivity index (χ0n) is 13.0. The van der Waals surface area contributed by atoms with E-state index in [1.165, 1.54) is 19.2 Å². The van der Waals surface area contributed by atoms with E-state index in [1.54, 1.807) is 0 Å². The maximum atomic E-state index is 12.9. The molecule has 8 heteroatoms. The van der Waals surface area contributed by atoms with Crippen molar-refractivity contribution >= 4 is 17.7 Å².